The lowest BCUT2D eigenvalue weighted by molar-refractivity contribution is 0.305. The van der Waals surface area contributed by atoms with Crippen LogP contribution in [0.5, 0.6) is 5.75 Å². The molecule has 0 unspecified atom stereocenters. The number of halogens is 1. The van der Waals surface area contributed by atoms with Crippen LogP contribution in [0.1, 0.15) is 11.1 Å². The van der Waals surface area contributed by atoms with E-state index < -0.39 is 0 Å². The van der Waals surface area contributed by atoms with Crippen LogP contribution in [0.15, 0.2) is 83.7 Å². The van der Waals surface area contributed by atoms with Crippen LogP contribution in [0, 0.1) is 12.7 Å². The monoisotopic (exact) mass is 440 g/mol. The van der Waals surface area contributed by atoms with Crippen molar-refractivity contribution < 1.29 is 9.13 Å². The van der Waals surface area contributed by atoms with Crippen molar-refractivity contribution in [1.29, 1.82) is 0 Å². The quantitative estimate of drug-likeness (QED) is 0.393. The van der Waals surface area contributed by atoms with Crippen LogP contribution in [0.25, 0.3) is 27.6 Å². The number of hydrogen-bond acceptors (Lipinski definition) is 4. The van der Waals surface area contributed by atoms with E-state index >= 15 is 0 Å². The molecule has 33 heavy (non-hydrogen) atoms. The van der Waals surface area contributed by atoms with Crippen molar-refractivity contribution in [3.63, 3.8) is 0 Å². The minimum Gasteiger partial charge on any atom is -0.489 e. The van der Waals surface area contributed by atoms with Gasteiger partial charge in [0.25, 0.3) is 0 Å². The van der Waals surface area contributed by atoms with Gasteiger partial charge in [-0.2, -0.15) is 9.36 Å². The fraction of sp³-hybridized carbons (Fsp3) is 0.115. The first kappa shape index (κ1) is 20.6. The number of aromatic nitrogens is 4. The molecule has 0 N–H and O–H groups in total. The van der Waals surface area contributed by atoms with Crippen LogP contribution in [0.2, 0.25) is 0 Å². The molecule has 0 fully saturated rings. The van der Waals surface area contributed by atoms with Crippen LogP contribution < -0.4 is 10.4 Å². The zero-order valence-electron chi connectivity index (χ0n) is 18.2. The summed E-state index contributed by atoms with van der Waals surface area (Å²) in [6.45, 7) is 2.26. The van der Waals surface area contributed by atoms with Crippen molar-refractivity contribution in [1.82, 2.24) is 19.8 Å². The molecule has 0 radical (unpaired) electrons. The number of nitrogens with zero attached hydrogens (tertiary/aromatic N) is 4. The smallest absolute Gasteiger partial charge is 0.368 e. The van der Waals surface area contributed by atoms with Gasteiger partial charge in [-0.15, -0.1) is 0 Å². The number of fused-ring (bicyclic) bond motifs is 1. The van der Waals surface area contributed by atoms with Gasteiger partial charge in [-0.3, -0.25) is 0 Å². The molecule has 164 valence electrons. The van der Waals surface area contributed by atoms with E-state index in [1.54, 1.807) is 19.2 Å². The molecule has 6 nitrogen and oxygen atoms in total. The highest BCUT2D eigenvalue weighted by molar-refractivity contribution is 5.88. The maximum absolute atomic E-state index is 13.2. The largest absolute Gasteiger partial charge is 0.489 e. The maximum atomic E-state index is 13.2. The molecule has 5 aromatic rings. The fourth-order valence-corrected chi connectivity index (χ4v) is 3.83. The zero-order chi connectivity index (χ0) is 22.9. The Balaban J connectivity index is 1.41. The van der Waals surface area contributed by atoms with E-state index in [-0.39, 0.29) is 18.1 Å². The first-order valence-corrected chi connectivity index (χ1v) is 10.5. The average Bonchev–Trinajstić information content (AvgIpc) is 3.16. The highest BCUT2D eigenvalue weighted by atomic mass is 19.1. The molecule has 4 aromatic carbocycles. The van der Waals surface area contributed by atoms with Gasteiger partial charge in [0, 0.05) is 12.6 Å². The summed E-state index contributed by atoms with van der Waals surface area (Å²) in [6.07, 6.45) is 0. The fourth-order valence-electron chi connectivity index (χ4n) is 3.83. The van der Waals surface area contributed by atoms with E-state index in [0.717, 1.165) is 38.8 Å². The molecule has 0 aliphatic carbocycles. The molecular formula is C26H21FN4O2. The van der Waals surface area contributed by atoms with Gasteiger partial charge >= 0.3 is 5.69 Å². The number of ether oxygens (including phenoxy) is 1. The zero-order valence-corrected chi connectivity index (χ0v) is 18.2. The molecule has 0 saturated heterocycles. The molecular weight excluding hydrogens is 419 g/mol. The predicted octanol–water partition coefficient (Wildman–Crippen LogP) is 4.81. The lowest BCUT2D eigenvalue weighted by Gasteiger charge is -2.13. The van der Waals surface area contributed by atoms with E-state index in [2.05, 4.69) is 16.5 Å². The average molecular weight is 440 g/mol. The van der Waals surface area contributed by atoms with Crippen LogP contribution >= 0.6 is 0 Å². The maximum Gasteiger partial charge on any atom is 0.368 e. The molecule has 7 heteroatoms. The molecule has 0 amide bonds. The lowest BCUT2D eigenvalue weighted by atomic mass is 10.0. The summed E-state index contributed by atoms with van der Waals surface area (Å²) in [6, 6.07) is 24.2. The number of benzene rings is 4. The molecule has 0 spiro atoms. The van der Waals surface area contributed by atoms with Gasteiger partial charge < -0.3 is 4.74 Å². The Bertz CT molecular complexity index is 1520. The first-order chi connectivity index (χ1) is 16.0. The Labute approximate surface area is 189 Å². The van der Waals surface area contributed by atoms with Gasteiger partial charge in [-0.05, 0) is 81.2 Å². The third kappa shape index (κ3) is 4.01. The molecule has 0 saturated carbocycles. The summed E-state index contributed by atoms with van der Waals surface area (Å²) >= 11 is 0. The van der Waals surface area contributed by atoms with Crippen molar-refractivity contribution in [2.75, 3.05) is 0 Å². The number of tetrazole rings is 1. The third-order valence-electron chi connectivity index (χ3n) is 5.71. The normalized spacial score (nSPS) is 11.1. The van der Waals surface area contributed by atoms with Crippen LogP contribution in [-0.4, -0.2) is 19.8 Å². The standard InChI is InChI=1S/C26H21FN4O2/c1-17-4-3-5-25(31-26(32)30(2)28-29-31)24(17)16-33-23-13-10-20-14-19(6-7-21(20)15-23)18-8-11-22(27)12-9-18/h3-15H,16H2,1-2H3. The second kappa shape index (κ2) is 8.35. The van der Waals surface area contributed by atoms with Gasteiger partial charge in [-0.25, -0.2) is 9.18 Å². The number of aryl methyl sites for hydroxylation is 2. The molecule has 1 aromatic heterocycles. The van der Waals surface area contributed by atoms with Crippen LogP contribution in [0.3, 0.4) is 0 Å². The molecule has 0 bridgehead atoms. The van der Waals surface area contributed by atoms with Gasteiger partial charge in [0.05, 0.1) is 5.69 Å². The van der Waals surface area contributed by atoms with Crippen LogP contribution in [-0.2, 0) is 13.7 Å². The summed E-state index contributed by atoms with van der Waals surface area (Å²) in [4.78, 5) is 12.3. The van der Waals surface area contributed by atoms with Gasteiger partial charge in [-0.1, -0.05) is 42.5 Å². The number of rotatable bonds is 5. The van der Waals surface area contributed by atoms with E-state index in [0.29, 0.717) is 5.69 Å². The second-order valence-electron chi connectivity index (χ2n) is 7.89. The highest BCUT2D eigenvalue weighted by Gasteiger charge is 2.13. The summed E-state index contributed by atoms with van der Waals surface area (Å²) in [5.41, 5.74) is 4.18. The Hall–Kier alpha value is -4.26. The first-order valence-electron chi connectivity index (χ1n) is 10.5. The Morgan fingerprint density at radius 3 is 2.36 bits per heavy atom. The lowest BCUT2D eigenvalue weighted by Crippen LogP contribution is -2.23. The Kier molecular flexibility index (Phi) is 5.22. The third-order valence-corrected chi connectivity index (χ3v) is 5.71. The summed E-state index contributed by atoms with van der Waals surface area (Å²) in [5.74, 6) is 0.472. The predicted molar refractivity (Wildman–Crippen MR) is 125 cm³/mol. The molecule has 0 atom stereocenters. The van der Waals surface area contributed by atoms with Crippen molar-refractivity contribution >= 4 is 10.8 Å². The highest BCUT2D eigenvalue weighted by Crippen LogP contribution is 2.28. The second-order valence-corrected chi connectivity index (χ2v) is 7.89. The molecule has 0 aliphatic heterocycles. The van der Waals surface area contributed by atoms with E-state index in [1.807, 2.05) is 55.5 Å². The van der Waals surface area contributed by atoms with Crippen molar-refractivity contribution in [3.8, 4) is 22.6 Å². The van der Waals surface area contributed by atoms with E-state index in [9.17, 15) is 9.18 Å². The molecule has 1 heterocycles. The Morgan fingerprint density at radius 1 is 0.879 bits per heavy atom. The molecule has 5 rings (SSSR count). The van der Waals surface area contributed by atoms with E-state index in [4.69, 9.17) is 4.74 Å². The summed E-state index contributed by atoms with van der Waals surface area (Å²) in [7, 11) is 1.56. The van der Waals surface area contributed by atoms with Gasteiger partial charge in [0.1, 0.15) is 18.2 Å². The Morgan fingerprint density at radius 2 is 1.61 bits per heavy atom. The minimum atomic E-state index is -0.315. The number of hydrogen-bond donors (Lipinski definition) is 0. The van der Waals surface area contributed by atoms with Crippen molar-refractivity contribution in [2.45, 2.75) is 13.5 Å². The minimum absolute atomic E-state index is 0.248. The summed E-state index contributed by atoms with van der Waals surface area (Å²) < 4.78 is 21.8. The van der Waals surface area contributed by atoms with Gasteiger partial charge in [0.2, 0.25) is 0 Å². The van der Waals surface area contributed by atoms with Crippen molar-refractivity contribution in [3.05, 3.63) is 106 Å². The SMILES string of the molecule is Cc1cccc(-n2nnn(C)c2=O)c1COc1ccc2cc(-c3ccc(F)cc3)ccc2c1. The summed E-state index contributed by atoms with van der Waals surface area (Å²) in [5, 5.41) is 9.87. The van der Waals surface area contributed by atoms with Crippen LogP contribution in [0.4, 0.5) is 4.39 Å². The topological polar surface area (TPSA) is 61.9 Å². The molecule has 0 aliphatic rings. The van der Waals surface area contributed by atoms with Gasteiger partial charge in [0.15, 0.2) is 0 Å². The van der Waals surface area contributed by atoms with E-state index in [1.165, 1.54) is 21.5 Å². The van der Waals surface area contributed by atoms with Crippen molar-refractivity contribution in [2.24, 2.45) is 7.05 Å².